The van der Waals surface area contributed by atoms with E-state index in [1.165, 1.54) is 0 Å². The molecule has 0 bridgehead atoms. The van der Waals surface area contributed by atoms with Gasteiger partial charge in [0.25, 0.3) is 0 Å². The van der Waals surface area contributed by atoms with Crippen LogP contribution in [0.4, 0.5) is 0 Å². The van der Waals surface area contributed by atoms with Crippen molar-refractivity contribution in [2.45, 2.75) is 39.3 Å². The zero-order chi connectivity index (χ0) is 11.5. The van der Waals surface area contributed by atoms with Crippen LogP contribution in [0.25, 0.3) is 0 Å². The summed E-state index contributed by atoms with van der Waals surface area (Å²) >= 11 is 0. The lowest BCUT2D eigenvalue weighted by atomic mass is 10.2. The molecule has 1 fully saturated rings. The number of nitrogens with zero attached hydrogens (tertiary/aromatic N) is 3. The average molecular weight is 224 g/mol. The second-order valence-electron chi connectivity index (χ2n) is 4.79. The largest absolute Gasteiger partial charge is 0.339 e. The summed E-state index contributed by atoms with van der Waals surface area (Å²) in [5.41, 5.74) is 0. The topological polar surface area (TPSA) is 54.2 Å². The van der Waals surface area contributed by atoms with Gasteiger partial charge in [-0.05, 0) is 6.92 Å². The first-order chi connectivity index (χ1) is 7.65. The maximum atomic E-state index is 5.19. The smallest absolute Gasteiger partial charge is 0.229 e. The van der Waals surface area contributed by atoms with Crippen LogP contribution in [0.1, 0.15) is 38.4 Å². The van der Waals surface area contributed by atoms with Gasteiger partial charge in [0.05, 0.1) is 6.54 Å². The van der Waals surface area contributed by atoms with Gasteiger partial charge < -0.3 is 9.84 Å². The van der Waals surface area contributed by atoms with Crippen LogP contribution in [-0.4, -0.2) is 40.7 Å². The molecule has 1 atom stereocenters. The molecule has 5 nitrogen and oxygen atoms in total. The van der Waals surface area contributed by atoms with Gasteiger partial charge in [-0.1, -0.05) is 19.0 Å². The monoisotopic (exact) mass is 224 g/mol. The molecule has 16 heavy (non-hydrogen) atoms. The Bertz CT molecular complexity index is 336. The first kappa shape index (κ1) is 11.5. The number of rotatable bonds is 3. The molecule has 5 heteroatoms. The molecule has 2 heterocycles. The van der Waals surface area contributed by atoms with Crippen LogP contribution in [0.2, 0.25) is 0 Å². The minimum absolute atomic E-state index is 0.309. The molecule has 0 radical (unpaired) electrons. The second kappa shape index (κ2) is 4.93. The van der Waals surface area contributed by atoms with E-state index in [9.17, 15) is 0 Å². The summed E-state index contributed by atoms with van der Waals surface area (Å²) in [5, 5.41) is 7.42. The molecule has 1 aliphatic rings. The van der Waals surface area contributed by atoms with Crippen LogP contribution in [-0.2, 0) is 6.54 Å². The SMILES string of the molecule is CC(C)c1nc(CN2CCN[C@H](C)C2)no1. The molecule has 0 aliphatic carbocycles. The minimum atomic E-state index is 0.309. The Morgan fingerprint density at radius 1 is 1.56 bits per heavy atom. The number of hydrogen-bond acceptors (Lipinski definition) is 5. The average Bonchev–Trinajstić information content (AvgIpc) is 2.66. The lowest BCUT2D eigenvalue weighted by Crippen LogP contribution is -2.48. The van der Waals surface area contributed by atoms with E-state index in [2.05, 4.69) is 41.1 Å². The third-order valence-corrected chi connectivity index (χ3v) is 2.80. The van der Waals surface area contributed by atoms with Crippen LogP contribution in [0.3, 0.4) is 0 Å². The summed E-state index contributed by atoms with van der Waals surface area (Å²) in [6.45, 7) is 10.2. The Morgan fingerprint density at radius 2 is 2.38 bits per heavy atom. The van der Waals surface area contributed by atoms with E-state index in [1.54, 1.807) is 0 Å². The van der Waals surface area contributed by atoms with Gasteiger partial charge in [0.15, 0.2) is 5.82 Å². The highest BCUT2D eigenvalue weighted by molar-refractivity contribution is 4.91. The van der Waals surface area contributed by atoms with Gasteiger partial charge in [0, 0.05) is 31.6 Å². The molecule has 90 valence electrons. The normalized spacial score (nSPS) is 22.9. The van der Waals surface area contributed by atoms with Crippen molar-refractivity contribution in [3.05, 3.63) is 11.7 Å². The van der Waals surface area contributed by atoms with E-state index in [0.29, 0.717) is 12.0 Å². The van der Waals surface area contributed by atoms with Crippen molar-refractivity contribution in [1.29, 1.82) is 0 Å². The van der Waals surface area contributed by atoms with Crippen molar-refractivity contribution in [2.24, 2.45) is 0 Å². The lowest BCUT2D eigenvalue weighted by molar-refractivity contribution is 0.193. The Labute approximate surface area is 96.2 Å². The van der Waals surface area contributed by atoms with Gasteiger partial charge >= 0.3 is 0 Å². The Morgan fingerprint density at radius 3 is 3.00 bits per heavy atom. The van der Waals surface area contributed by atoms with E-state index in [-0.39, 0.29) is 0 Å². The van der Waals surface area contributed by atoms with Crippen molar-refractivity contribution < 1.29 is 4.52 Å². The molecule has 1 aromatic heterocycles. The summed E-state index contributed by atoms with van der Waals surface area (Å²) in [4.78, 5) is 6.75. The van der Waals surface area contributed by atoms with Gasteiger partial charge in [-0.25, -0.2) is 0 Å². The molecule has 1 N–H and O–H groups in total. The third-order valence-electron chi connectivity index (χ3n) is 2.80. The molecule has 0 saturated carbocycles. The first-order valence-electron chi connectivity index (χ1n) is 5.93. The summed E-state index contributed by atoms with van der Waals surface area (Å²) in [7, 11) is 0. The summed E-state index contributed by atoms with van der Waals surface area (Å²) < 4.78 is 5.19. The molecule has 2 rings (SSSR count). The van der Waals surface area contributed by atoms with Crippen LogP contribution >= 0.6 is 0 Å². The van der Waals surface area contributed by atoms with Gasteiger partial charge in [-0.2, -0.15) is 4.98 Å². The zero-order valence-corrected chi connectivity index (χ0v) is 10.2. The van der Waals surface area contributed by atoms with Crippen LogP contribution in [0.15, 0.2) is 4.52 Å². The van der Waals surface area contributed by atoms with E-state index in [0.717, 1.165) is 37.9 Å². The van der Waals surface area contributed by atoms with E-state index >= 15 is 0 Å². The quantitative estimate of drug-likeness (QED) is 0.829. The Kier molecular flexibility index (Phi) is 3.56. The standard InChI is InChI=1S/C11H20N4O/c1-8(2)11-13-10(14-16-11)7-15-5-4-12-9(3)6-15/h8-9,12H,4-7H2,1-3H3/t9-/m1/s1. The number of piperazine rings is 1. The zero-order valence-electron chi connectivity index (χ0n) is 10.2. The Balaban J connectivity index is 1.92. The third kappa shape index (κ3) is 2.80. The molecule has 1 aliphatic heterocycles. The molecular formula is C11H20N4O. The van der Waals surface area contributed by atoms with Crippen LogP contribution < -0.4 is 5.32 Å². The van der Waals surface area contributed by atoms with Crippen LogP contribution in [0.5, 0.6) is 0 Å². The number of nitrogens with one attached hydrogen (secondary N) is 1. The molecule has 0 unspecified atom stereocenters. The second-order valence-corrected chi connectivity index (χ2v) is 4.79. The van der Waals surface area contributed by atoms with Gasteiger partial charge in [0.2, 0.25) is 5.89 Å². The maximum absolute atomic E-state index is 5.19. The van der Waals surface area contributed by atoms with E-state index in [1.807, 2.05) is 0 Å². The van der Waals surface area contributed by atoms with E-state index in [4.69, 9.17) is 4.52 Å². The van der Waals surface area contributed by atoms with Gasteiger partial charge in [0.1, 0.15) is 0 Å². The number of hydrogen-bond donors (Lipinski definition) is 1. The molecule has 1 aromatic rings. The van der Waals surface area contributed by atoms with Gasteiger partial charge in [-0.15, -0.1) is 0 Å². The minimum Gasteiger partial charge on any atom is -0.339 e. The van der Waals surface area contributed by atoms with Crippen molar-refractivity contribution in [1.82, 2.24) is 20.4 Å². The fourth-order valence-electron chi connectivity index (χ4n) is 1.92. The predicted molar refractivity (Wildman–Crippen MR) is 61.1 cm³/mol. The summed E-state index contributed by atoms with van der Waals surface area (Å²) in [6, 6.07) is 0.547. The maximum Gasteiger partial charge on any atom is 0.229 e. The number of aromatic nitrogens is 2. The van der Waals surface area contributed by atoms with Crippen molar-refractivity contribution in [2.75, 3.05) is 19.6 Å². The summed E-state index contributed by atoms with van der Waals surface area (Å²) in [5.74, 6) is 1.85. The molecule has 0 amide bonds. The summed E-state index contributed by atoms with van der Waals surface area (Å²) in [6.07, 6.45) is 0. The highest BCUT2D eigenvalue weighted by Gasteiger charge is 2.18. The fourth-order valence-corrected chi connectivity index (χ4v) is 1.92. The molecule has 0 aromatic carbocycles. The van der Waals surface area contributed by atoms with Crippen molar-refractivity contribution >= 4 is 0 Å². The molecule has 0 spiro atoms. The molecule has 1 saturated heterocycles. The highest BCUT2D eigenvalue weighted by atomic mass is 16.5. The Hall–Kier alpha value is -0.940. The molecular weight excluding hydrogens is 204 g/mol. The van der Waals surface area contributed by atoms with E-state index < -0.39 is 0 Å². The predicted octanol–water partition coefficient (Wildman–Crippen LogP) is 0.987. The first-order valence-corrected chi connectivity index (χ1v) is 5.93. The van der Waals surface area contributed by atoms with Crippen LogP contribution in [0, 0.1) is 0 Å². The van der Waals surface area contributed by atoms with Crippen molar-refractivity contribution in [3.63, 3.8) is 0 Å². The highest BCUT2D eigenvalue weighted by Crippen LogP contribution is 2.12. The van der Waals surface area contributed by atoms with Crippen molar-refractivity contribution in [3.8, 4) is 0 Å². The van der Waals surface area contributed by atoms with Gasteiger partial charge in [-0.3, -0.25) is 4.90 Å². The fraction of sp³-hybridized carbons (Fsp3) is 0.818. The lowest BCUT2D eigenvalue weighted by Gasteiger charge is -2.30.